The van der Waals surface area contributed by atoms with E-state index in [4.69, 9.17) is 21.6 Å². The normalized spacial score (nSPS) is 10.9. The Balaban J connectivity index is 1.55. The molecule has 0 saturated carbocycles. The van der Waals surface area contributed by atoms with Gasteiger partial charge in [-0.25, -0.2) is 9.97 Å². The molecule has 0 aliphatic heterocycles. The van der Waals surface area contributed by atoms with Crippen LogP contribution in [-0.2, 0) is 11.2 Å². The van der Waals surface area contributed by atoms with Crippen LogP contribution in [0.4, 0.5) is 5.69 Å². The summed E-state index contributed by atoms with van der Waals surface area (Å²) in [4.78, 5) is 22.3. The van der Waals surface area contributed by atoms with E-state index in [1.54, 1.807) is 0 Å². The molecule has 1 N–H and O–H groups in total. The molecule has 6 heteroatoms. The Morgan fingerprint density at radius 2 is 1.68 bits per heavy atom. The average molecular weight is 448 g/mol. The van der Waals surface area contributed by atoms with E-state index in [1.165, 1.54) is 11.8 Å². The maximum Gasteiger partial charge on any atom is 0.234 e. The molecule has 156 valence electrons. The number of hydrogen-bond donors (Lipinski definition) is 1. The van der Waals surface area contributed by atoms with E-state index < -0.39 is 0 Å². The number of benzene rings is 3. The lowest BCUT2D eigenvalue weighted by Gasteiger charge is -2.11. The van der Waals surface area contributed by atoms with Gasteiger partial charge in [-0.15, -0.1) is 0 Å². The van der Waals surface area contributed by atoms with Gasteiger partial charge in [-0.3, -0.25) is 4.79 Å². The van der Waals surface area contributed by atoms with Gasteiger partial charge in [0.15, 0.2) is 0 Å². The van der Waals surface area contributed by atoms with Crippen LogP contribution in [0.5, 0.6) is 0 Å². The van der Waals surface area contributed by atoms with Crippen molar-refractivity contribution in [3.63, 3.8) is 0 Å². The molecule has 0 aliphatic carbocycles. The number of halogens is 1. The standard InChI is InChI=1S/C25H22ClN3OS/c1-16-7-8-17(2)22(13-16)28-24(30)15-31-25-23(14-18-9-11-19(26)12-10-18)27-20-5-3-4-6-21(20)29-25/h3-13H,14-15H2,1-2H3,(H,28,30). The van der Waals surface area contributed by atoms with Crippen LogP contribution in [0, 0.1) is 13.8 Å². The van der Waals surface area contributed by atoms with Gasteiger partial charge in [-0.1, -0.05) is 59.8 Å². The average Bonchev–Trinajstić information content (AvgIpc) is 2.76. The number of anilines is 1. The maximum absolute atomic E-state index is 12.6. The molecule has 0 atom stereocenters. The van der Waals surface area contributed by atoms with Crippen molar-refractivity contribution >= 4 is 46.0 Å². The summed E-state index contributed by atoms with van der Waals surface area (Å²) in [5, 5.41) is 4.48. The summed E-state index contributed by atoms with van der Waals surface area (Å²) in [6.45, 7) is 4.00. The Kier molecular flexibility index (Phi) is 6.54. The van der Waals surface area contributed by atoms with Crippen LogP contribution in [0.15, 0.2) is 71.8 Å². The number of hydrogen-bond acceptors (Lipinski definition) is 4. The lowest BCUT2D eigenvalue weighted by Crippen LogP contribution is -2.15. The van der Waals surface area contributed by atoms with Crippen molar-refractivity contribution in [2.24, 2.45) is 0 Å². The molecular formula is C25H22ClN3OS. The topological polar surface area (TPSA) is 54.9 Å². The van der Waals surface area contributed by atoms with Gasteiger partial charge in [0.25, 0.3) is 0 Å². The number of fused-ring (bicyclic) bond motifs is 1. The molecule has 0 fully saturated rings. The summed E-state index contributed by atoms with van der Waals surface area (Å²) in [5.74, 6) is 0.194. The molecule has 1 aromatic heterocycles. The lowest BCUT2D eigenvalue weighted by molar-refractivity contribution is -0.113. The molecule has 4 rings (SSSR count). The van der Waals surface area contributed by atoms with E-state index in [1.807, 2.05) is 80.6 Å². The first-order valence-electron chi connectivity index (χ1n) is 9.98. The van der Waals surface area contributed by atoms with Crippen LogP contribution < -0.4 is 5.32 Å². The minimum absolute atomic E-state index is 0.0638. The van der Waals surface area contributed by atoms with Gasteiger partial charge >= 0.3 is 0 Å². The Hall–Kier alpha value is -2.89. The van der Waals surface area contributed by atoms with Crippen molar-refractivity contribution in [3.8, 4) is 0 Å². The van der Waals surface area contributed by atoms with Gasteiger partial charge in [0.2, 0.25) is 5.91 Å². The summed E-state index contributed by atoms with van der Waals surface area (Å²) in [7, 11) is 0. The van der Waals surface area contributed by atoms with Crippen LogP contribution in [0.1, 0.15) is 22.4 Å². The van der Waals surface area contributed by atoms with Crippen molar-refractivity contribution < 1.29 is 4.79 Å². The van der Waals surface area contributed by atoms with Gasteiger partial charge in [0, 0.05) is 17.1 Å². The summed E-state index contributed by atoms with van der Waals surface area (Å²) in [5.41, 5.74) is 6.60. The zero-order valence-electron chi connectivity index (χ0n) is 17.4. The van der Waals surface area contributed by atoms with Gasteiger partial charge in [0.1, 0.15) is 5.03 Å². The van der Waals surface area contributed by atoms with Gasteiger partial charge in [-0.2, -0.15) is 0 Å². The number of thioether (sulfide) groups is 1. The monoisotopic (exact) mass is 447 g/mol. The van der Waals surface area contributed by atoms with Crippen LogP contribution in [-0.4, -0.2) is 21.6 Å². The molecule has 1 heterocycles. The van der Waals surface area contributed by atoms with Crippen molar-refractivity contribution in [2.75, 3.05) is 11.1 Å². The number of aromatic nitrogens is 2. The molecule has 31 heavy (non-hydrogen) atoms. The van der Waals surface area contributed by atoms with Crippen LogP contribution in [0.3, 0.4) is 0 Å². The van der Waals surface area contributed by atoms with Crippen LogP contribution in [0.25, 0.3) is 11.0 Å². The number of nitrogens with one attached hydrogen (secondary N) is 1. The largest absolute Gasteiger partial charge is 0.325 e. The summed E-state index contributed by atoms with van der Waals surface area (Å²) in [6.07, 6.45) is 0.621. The molecule has 1 amide bonds. The zero-order valence-corrected chi connectivity index (χ0v) is 18.9. The molecule has 0 radical (unpaired) electrons. The van der Waals surface area contributed by atoms with Crippen molar-refractivity contribution in [1.82, 2.24) is 9.97 Å². The Bertz CT molecular complexity index is 1240. The van der Waals surface area contributed by atoms with E-state index in [2.05, 4.69) is 5.32 Å². The number of aryl methyl sites for hydroxylation is 2. The quantitative estimate of drug-likeness (QED) is 0.356. The van der Waals surface area contributed by atoms with Crippen molar-refractivity contribution in [3.05, 3.63) is 94.1 Å². The van der Waals surface area contributed by atoms with E-state index in [-0.39, 0.29) is 11.7 Å². The van der Waals surface area contributed by atoms with Gasteiger partial charge in [0.05, 0.1) is 22.5 Å². The van der Waals surface area contributed by atoms with Crippen LogP contribution >= 0.6 is 23.4 Å². The molecule has 0 saturated heterocycles. The van der Waals surface area contributed by atoms with E-state index >= 15 is 0 Å². The van der Waals surface area contributed by atoms with E-state index in [0.29, 0.717) is 11.4 Å². The maximum atomic E-state index is 12.6. The predicted molar refractivity (Wildman–Crippen MR) is 129 cm³/mol. The molecule has 0 unspecified atom stereocenters. The fourth-order valence-corrected chi connectivity index (χ4v) is 4.15. The molecule has 0 spiro atoms. The first-order valence-corrected chi connectivity index (χ1v) is 11.3. The highest BCUT2D eigenvalue weighted by molar-refractivity contribution is 8.00. The van der Waals surface area contributed by atoms with E-state index in [0.717, 1.165) is 44.1 Å². The third kappa shape index (κ3) is 5.43. The number of carbonyl (C=O) groups is 1. The number of nitrogens with zero attached hydrogens (tertiary/aromatic N) is 2. The fourth-order valence-electron chi connectivity index (χ4n) is 3.24. The lowest BCUT2D eigenvalue weighted by atomic mass is 10.1. The Morgan fingerprint density at radius 3 is 2.42 bits per heavy atom. The summed E-state index contributed by atoms with van der Waals surface area (Å²) >= 11 is 7.43. The molecular weight excluding hydrogens is 426 g/mol. The summed E-state index contributed by atoms with van der Waals surface area (Å²) in [6, 6.07) is 21.5. The Morgan fingerprint density at radius 1 is 0.968 bits per heavy atom. The van der Waals surface area contributed by atoms with Crippen molar-refractivity contribution in [1.29, 1.82) is 0 Å². The zero-order chi connectivity index (χ0) is 21.8. The van der Waals surface area contributed by atoms with Crippen molar-refractivity contribution in [2.45, 2.75) is 25.3 Å². The SMILES string of the molecule is Cc1ccc(C)c(NC(=O)CSc2nc3ccccc3nc2Cc2ccc(Cl)cc2)c1. The molecule has 0 aliphatic rings. The molecule has 4 aromatic rings. The minimum atomic E-state index is -0.0638. The minimum Gasteiger partial charge on any atom is -0.325 e. The number of para-hydroxylation sites is 2. The Labute approximate surface area is 191 Å². The third-order valence-corrected chi connectivity index (χ3v) is 6.16. The number of rotatable bonds is 6. The van der Waals surface area contributed by atoms with E-state index in [9.17, 15) is 4.79 Å². The highest BCUT2D eigenvalue weighted by Crippen LogP contribution is 2.26. The number of carbonyl (C=O) groups excluding carboxylic acids is 1. The second-order valence-electron chi connectivity index (χ2n) is 7.42. The molecule has 3 aromatic carbocycles. The molecule has 0 bridgehead atoms. The predicted octanol–water partition coefficient (Wildman–Crippen LogP) is 6.22. The third-order valence-electron chi connectivity index (χ3n) is 4.90. The first-order chi connectivity index (χ1) is 15.0. The highest BCUT2D eigenvalue weighted by Gasteiger charge is 2.13. The van der Waals surface area contributed by atoms with Crippen LogP contribution in [0.2, 0.25) is 5.02 Å². The summed E-state index contributed by atoms with van der Waals surface area (Å²) < 4.78 is 0. The first kappa shape index (κ1) is 21.3. The second-order valence-corrected chi connectivity index (χ2v) is 8.82. The molecule has 4 nitrogen and oxygen atoms in total. The smallest absolute Gasteiger partial charge is 0.234 e. The highest BCUT2D eigenvalue weighted by atomic mass is 35.5. The van der Waals surface area contributed by atoms with Gasteiger partial charge < -0.3 is 5.32 Å². The number of amides is 1. The fraction of sp³-hybridized carbons (Fsp3) is 0.160. The van der Waals surface area contributed by atoms with Gasteiger partial charge in [-0.05, 0) is 60.9 Å². The second kappa shape index (κ2) is 9.50.